The van der Waals surface area contributed by atoms with E-state index in [0.29, 0.717) is 12.2 Å². The first-order valence-electron chi connectivity index (χ1n) is 3.68. The van der Waals surface area contributed by atoms with Gasteiger partial charge in [0, 0.05) is 6.42 Å². The summed E-state index contributed by atoms with van der Waals surface area (Å²) in [6.07, 6.45) is 1.38. The molecule has 1 unspecified atom stereocenters. The molecule has 1 aromatic heterocycles. The van der Waals surface area contributed by atoms with E-state index in [9.17, 15) is 0 Å². The Bertz CT molecular complexity index is 237. The lowest BCUT2D eigenvalue weighted by molar-refractivity contribution is -0.0193. The fraction of sp³-hybridized carbons (Fsp3) is 0.375. The van der Waals surface area contributed by atoms with Crippen LogP contribution in [0, 0.1) is 0 Å². The van der Waals surface area contributed by atoms with Crippen molar-refractivity contribution in [2.45, 2.75) is 19.6 Å². The van der Waals surface area contributed by atoms with E-state index in [1.807, 2.05) is 6.92 Å². The van der Waals surface area contributed by atoms with Gasteiger partial charge < -0.3 is 9.84 Å². The number of hydrogen-bond donors (Lipinski definition) is 1. The number of hydrogen-bond acceptors (Lipinski definition) is 3. The predicted octanol–water partition coefficient (Wildman–Crippen LogP) is 1.95. The van der Waals surface area contributed by atoms with E-state index < -0.39 is 6.29 Å². The second-order valence-corrected chi connectivity index (χ2v) is 3.11. The molecule has 1 N–H and O–H groups in total. The summed E-state index contributed by atoms with van der Waals surface area (Å²) in [5, 5.41) is 9.12. The Morgan fingerprint density at radius 3 is 2.92 bits per heavy atom. The fourth-order valence-electron chi connectivity index (χ4n) is 0.672. The van der Waals surface area contributed by atoms with Gasteiger partial charge in [-0.3, -0.25) is 0 Å². The molecule has 66 valence electrons. The van der Waals surface area contributed by atoms with Gasteiger partial charge in [0.25, 0.3) is 0 Å². The molecule has 4 heteroatoms. The van der Waals surface area contributed by atoms with E-state index in [1.165, 1.54) is 0 Å². The van der Waals surface area contributed by atoms with Crippen LogP contribution >= 0.6 is 15.9 Å². The molecular weight excluding hydrogens is 222 g/mol. The van der Waals surface area contributed by atoms with Crippen molar-refractivity contribution in [1.82, 2.24) is 4.98 Å². The second kappa shape index (κ2) is 4.42. The van der Waals surface area contributed by atoms with Crippen LogP contribution in [0.25, 0.3) is 0 Å². The average molecular weight is 232 g/mol. The quantitative estimate of drug-likeness (QED) is 0.639. The molecular formula is C8H10BrNO2. The number of aliphatic hydroxyl groups excluding tert-OH is 1. The third-order valence-electron chi connectivity index (χ3n) is 1.32. The summed E-state index contributed by atoms with van der Waals surface area (Å²) in [6, 6.07) is 3.51. The second-order valence-electron chi connectivity index (χ2n) is 2.30. The summed E-state index contributed by atoms with van der Waals surface area (Å²) in [5.74, 6) is 0.576. The number of aromatic nitrogens is 1. The van der Waals surface area contributed by atoms with Gasteiger partial charge in [0.2, 0.25) is 0 Å². The monoisotopic (exact) mass is 231 g/mol. The zero-order chi connectivity index (χ0) is 8.97. The minimum atomic E-state index is -0.743. The topological polar surface area (TPSA) is 42.4 Å². The van der Waals surface area contributed by atoms with Gasteiger partial charge in [0.15, 0.2) is 6.29 Å². The van der Waals surface area contributed by atoms with E-state index in [-0.39, 0.29) is 0 Å². The standard InChI is InChI=1S/C8H10BrNO2/c1-2-8(11)12-6-3-4-7(9)10-5-6/h3-5,8,11H,2H2,1H3. The van der Waals surface area contributed by atoms with Gasteiger partial charge in [-0.1, -0.05) is 6.92 Å². The van der Waals surface area contributed by atoms with Gasteiger partial charge >= 0.3 is 0 Å². The summed E-state index contributed by atoms with van der Waals surface area (Å²) in [7, 11) is 0. The Morgan fingerprint density at radius 1 is 1.67 bits per heavy atom. The van der Waals surface area contributed by atoms with Crippen molar-refractivity contribution in [3.63, 3.8) is 0 Å². The van der Waals surface area contributed by atoms with Crippen molar-refractivity contribution < 1.29 is 9.84 Å². The summed E-state index contributed by atoms with van der Waals surface area (Å²) in [5.41, 5.74) is 0. The Hall–Kier alpha value is -0.610. The highest BCUT2D eigenvalue weighted by Gasteiger charge is 2.01. The van der Waals surface area contributed by atoms with Crippen LogP contribution in [0.1, 0.15) is 13.3 Å². The van der Waals surface area contributed by atoms with Crippen LogP contribution < -0.4 is 4.74 Å². The van der Waals surface area contributed by atoms with Crippen LogP contribution in [0.3, 0.4) is 0 Å². The van der Waals surface area contributed by atoms with Crippen LogP contribution in [-0.2, 0) is 0 Å². The number of ether oxygens (including phenoxy) is 1. The fourth-order valence-corrected chi connectivity index (χ4v) is 0.907. The molecule has 0 saturated carbocycles. The molecule has 0 radical (unpaired) electrons. The first kappa shape index (κ1) is 9.48. The molecule has 0 aromatic carbocycles. The predicted molar refractivity (Wildman–Crippen MR) is 48.9 cm³/mol. The molecule has 12 heavy (non-hydrogen) atoms. The van der Waals surface area contributed by atoms with E-state index in [0.717, 1.165) is 4.60 Å². The number of halogens is 1. The average Bonchev–Trinajstić information content (AvgIpc) is 2.09. The molecule has 1 heterocycles. The molecule has 3 nitrogen and oxygen atoms in total. The number of rotatable bonds is 3. The summed E-state index contributed by atoms with van der Waals surface area (Å²) < 4.78 is 5.84. The Labute approximate surface area is 79.5 Å². The summed E-state index contributed by atoms with van der Waals surface area (Å²) >= 11 is 3.20. The van der Waals surface area contributed by atoms with Crippen molar-refractivity contribution in [3.8, 4) is 5.75 Å². The minimum absolute atomic E-state index is 0.566. The molecule has 0 aliphatic rings. The first-order valence-corrected chi connectivity index (χ1v) is 4.48. The molecule has 1 aromatic rings. The smallest absolute Gasteiger partial charge is 0.197 e. The van der Waals surface area contributed by atoms with Crippen LogP contribution in [0.15, 0.2) is 22.9 Å². The highest BCUT2D eigenvalue weighted by Crippen LogP contribution is 2.14. The van der Waals surface area contributed by atoms with Gasteiger partial charge in [-0.2, -0.15) is 0 Å². The van der Waals surface area contributed by atoms with E-state index in [4.69, 9.17) is 9.84 Å². The number of pyridine rings is 1. The SMILES string of the molecule is CCC(O)Oc1ccc(Br)nc1. The maximum Gasteiger partial charge on any atom is 0.197 e. The lowest BCUT2D eigenvalue weighted by Gasteiger charge is -2.10. The minimum Gasteiger partial charge on any atom is -0.464 e. The molecule has 0 spiro atoms. The van der Waals surface area contributed by atoms with Crippen LogP contribution in [0.5, 0.6) is 5.75 Å². The van der Waals surface area contributed by atoms with Gasteiger partial charge in [-0.05, 0) is 28.1 Å². The molecule has 0 aliphatic carbocycles. The zero-order valence-corrected chi connectivity index (χ0v) is 8.28. The molecule has 0 bridgehead atoms. The van der Waals surface area contributed by atoms with E-state index in [2.05, 4.69) is 20.9 Å². The molecule has 0 aliphatic heterocycles. The lowest BCUT2D eigenvalue weighted by Crippen LogP contribution is -2.13. The molecule has 0 amide bonds. The Balaban J connectivity index is 2.58. The van der Waals surface area contributed by atoms with Gasteiger partial charge in [0.05, 0.1) is 6.20 Å². The van der Waals surface area contributed by atoms with Gasteiger partial charge in [-0.25, -0.2) is 4.98 Å². The van der Waals surface area contributed by atoms with Crippen LogP contribution in [-0.4, -0.2) is 16.4 Å². The third-order valence-corrected chi connectivity index (χ3v) is 1.79. The third kappa shape index (κ3) is 2.79. The number of nitrogens with zero attached hydrogens (tertiary/aromatic N) is 1. The molecule has 1 atom stereocenters. The maximum absolute atomic E-state index is 9.12. The van der Waals surface area contributed by atoms with Crippen molar-refractivity contribution in [2.24, 2.45) is 0 Å². The van der Waals surface area contributed by atoms with Gasteiger partial charge in [-0.15, -0.1) is 0 Å². The normalized spacial score (nSPS) is 12.6. The van der Waals surface area contributed by atoms with Crippen LogP contribution in [0.2, 0.25) is 0 Å². The van der Waals surface area contributed by atoms with Crippen molar-refractivity contribution in [3.05, 3.63) is 22.9 Å². The van der Waals surface area contributed by atoms with Crippen molar-refractivity contribution in [2.75, 3.05) is 0 Å². The summed E-state index contributed by atoms with van der Waals surface area (Å²) in [6.45, 7) is 1.84. The first-order chi connectivity index (χ1) is 5.72. The van der Waals surface area contributed by atoms with Gasteiger partial charge in [0.1, 0.15) is 10.4 Å². The molecule has 1 rings (SSSR count). The Morgan fingerprint density at radius 2 is 2.42 bits per heavy atom. The maximum atomic E-state index is 9.12. The number of aliphatic hydroxyl groups is 1. The summed E-state index contributed by atoms with van der Waals surface area (Å²) in [4.78, 5) is 3.95. The van der Waals surface area contributed by atoms with E-state index >= 15 is 0 Å². The Kier molecular flexibility index (Phi) is 3.49. The van der Waals surface area contributed by atoms with Crippen molar-refractivity contribution in [1.29, 1.82) is 0 Å². The molecule has 0 saturated heterocycles. The zero-order valence-electron chi connectivity index (χ0n) is 6.70. The van der Waals surface area contributed by atoms with Crippen molar-refractivity contribution >= 4 is 15.9 Å². The van der Waals surface area contributed by atoms with E-state index in [1.54, 1.807) is 18.3 Å². The highest BCUT2D eigenvalue weighted by atomic mass is 79.9. The lowest BCUT2D eigenvalue weighted by atomic mass is 10.4. The van der Waals surface area contributed by atoms with Crippen LogP contribution in [0.4, 0.5) is 0 Å². The molecule has 0 fully saturated rings. The largest absolute Gasteiger partial charge is 0.464 e. The highest BCUT2D eigenvalue weighted by molar-refractivity contribution is 9.10.